The van der Waals surface area contributed by atoms with Gasteiger partial charge in [-0.15, -0.1) is 0 Å². The molecule has 0 unspecified atom stereocenters. The van der Waals surface area contributed by atoms with Gasteiger partial charge >= 0.3 is 0 Å². The summed E-state index contributed by atoms with van der Waals surface area (Å²) in [7, 11) is 4.07. The van der Waals surface area contributed by atoms with Gasteiger partial charge in [0.05, 0.1) is 5.84 Å². The van der Waals surface area contributed by atoms with Crippen molar-refractivity contribution in [2.45, 2.75) is 32.1 Å². The molecule has 0 N–H and O–H groups in total. The third-order valence-corrected chi connectivity index (χ3v) is 3.85. The van der Waals surface area contributed by atoms with Crippen molar-refractivity contribution in [3.8, 4) is 0 Å². The molecule has 2 heterocycles. The van der Waals surface area contributed by atoms with Crippen LogP contribution >= 0.6 is 0 Å². The molecule has 1 aromatic rings. The molecule has 3 heteroatoms. The first kappa shape index (κ1) is 14.9. The van der Waals surface area contributed by atoms with Gasteiger partial charge in [0.2, 0.25) is 0 Å². The van der Waals surface area contributed by atoms with Crippen molar-refractivity contribution in [1.29, 1.82) is 0 Å². The van der Waals surface area contributed by atoms with E-state index in [0.29, 0.717) is 0 Å². The van der Waals surface area contributed by atoms with Crippen molar-refractivity contribution in [2.24, 2.45) is 4.99 Å². The monoisotopic (exact) mass is 273 g/mol. The third-order valence-electron chi connectivity index (χ3n) is 3.85. The number of hydrogen-bond acceptors (Lipinski definition) is 3. The van der Waals surface area contributed by atoms with Gasteiger partial charge in [0.25, 0.3) is 0 Å². The van der Waals surface area contributed by atoms with Crippen LogP contribution in [0.3, 0.4) is 0 Å². The van der Waals surface area contributed by atoms with Gasteiger partial charge in [-0.05, 0) is 31.4 Å². The molecule has 2 aliphatic heterocycles. The van der Waals surface area contributed by atoms with Gasteiger partial charge in [-0.25, -0.2) is 0 Å². The minimum Gasteiger partial charge on any atom is -0.378 e. The zero-order valence-electron chi connectivity index (χ0n) is 12.9. The first-order chi connectivity index (χ1) is 9.77. The third kappa shape index (κ3) is 4.55. The largest absolute Gasteiger partial charge is 0.378 e. The molecule has 0 saturated carbocycles. The number of amidine groups is 1. The number of para-hydroxylation sites is 1. The second-order valence-electron chi connectivity index (χ2n) is 5.68. The van der Waals surface area contributed by atoms with Gasteiger partial charge in [-0.2, -0.15) is 0 Å². The van der Waals surface area contributed by atoms with Gasteiger partial charge < -0.3 is 9.80 Å². The summed E-state index contributed by atoms with van der Waals surface area (Å²) in [5.74, 6) is 1.40. The minimum atomic E-state index is 1.08. The fourth-order valence-electron chi connectivity index (χ4n) is 2.67. The highest BCUT2D eigenvalue weighted by Gasteiger charge is 2.16. The molecule has 0 amide bonds. The highest BCUT2D eigenvalue weighted by molar-refractivity contribution is 5.83. The van der Waals surface area contributed by atoms with E-state index in [4.69, 9.17) is 0 Å². The molecule has 1 saturated heterocycles. The number of rotatable bonds is 1. The molecule has 0 bridgehead atoms. The Morgan fingerprint density at radius 2 is 1.70 bits per heavy atom. The lowest BCUT2D eigenvalue weighted by Gasteiger charge is -2.27. The lowest BCUT2D eigenvalue weighted by molar-refractivity contribution is 0.391. The molecule has 0 atom stereocenters. The van der Waals surface area contributed by atoms with Crippen molar-refractivity contribution in [3.05, 3.63) is 30.3 Å². The Morgan fingerprint density at radius 1 is 0.950 bits per heavy atom. The van der Waals surface area contributed by atoms with Crippen LogP contribution in [0, 0.1) is 0 Å². The van der Waals surface area contributed by atoms with Gasteiger partial charge in [-0.3, -0.25) is 4.99 Å². The first-order valence-electron chi connectivity index (χ1n) is 7.78. The molecule has 1 aromatic carbocycles. The van der Waals surface area contributed by atoms with Crippen molar-refractivity contribution >= 4 is 11.5 Å². The molecule has 20 heavy (non-hydrogen) atoms. The van der Waals surface area contributed by atoms with E-state index in [1.165, 1.54) is 56.7 Å². The summed E-state index contributed by atoms with van der Waals surface area (Å²) in [5.41, 5.74) is 1.25. The number of anilines is 1. The molecule has 0 spiro atoms. The summed E-state index contributed by atoms with van der Waals surface area (Å²) in [4.78, 5) is 9.12. The second-order valence-corrected chi connectivity index (χ2v) is 5.68. The summed E-state index contributed by atoms with van der Waals surface area (Å²) < 4.78 is 0. The topological polar surface area (TPSA) is 18.8 Å². The van der Waals surface area contributed by atoms with E-state index in [0.717, 1.165) is 6.54 Å². The molecular formula is C17H27N3. The van der Waals surface area contributed by atoms with E-state index in [2.05, 4.69) is 26.9 Å². The zero-order valence-corrected chi connectivity index (χ0v) is 12.9. The summed E-state index contributed by atoms with van der Waals surface area (Å²) in [6.07, 6.45) is 6.63. The number of hydrogen-bond donors (Lipinski definition) is 0. The van der Waals surface area contributed by atoms with Crippen LogP contribution in [0.1, 0.15) is 32.1 Å². The Bertz CT molecular complexity index is 412. The lowest BCUT2D eigenvalue weighted by Crippen LogP contribution is -2.34. The Kier molecular flexibility index (Phi) is 5.90. The van der Waals surface area contributed by atoms with Gasteiger partial charge in [0.15, 0.2) is 0 Å². The van der Waals surface area contributed by atoms with Crippen LogP contribution in [0.15, 0.2) is 35.3 Å². The molecule has 1 fully saturated rings. The average molecular weight is 273 g/mol. The summed E-state index contributed by atoms with van der Waals surface area (Å²) >= 11 is 0. The molecule has 3 rings (SSSR count). The van der Waals surface area contributed by atoms with Crippen LogP contribution in [-0.2, 0) is 0 Å². The van der Waals surface area contributed by atoms with E-state index in [-0.39, 0.29) is 0 Å². The van der Waals surface area contributed by atoms with Crippen LogP contribution in [0.2, 0.25) is 0 Å². The molecule has 110 valence electrons. The van der Waals surface area contributed by atoms with E-state index >= 15 is 0 Å². The quantitative estimate of drug-likeness (QED) is 0.781. The molecule has 0 aromatic heterocycles. The molecule has 3 nitrogen and oxygen atoms in total. The number of fused-ring (bicyclic) bond motifs is 1. The van der Waals surface area contributed by atoms with Crippen molar-refractivity contribution in [3.63, 3.8) is 0 Å². The lowest BCUT2D eigenvalue weighted by atomic mass is 10.2. The molecule has 0 aliphatic carbocycles. The molecule has 0 radical (unpaired) electrons. The van der Waals surface area contributed by atoms with E-state index in [1.54, 1.807) is 0 Å². The number of benzene rings is 1. The summed E-state index contributed by atoms with van der Waals surface area (Å²) in [6, 6.07) is 10.3. The van der Waals surface area contributed by atoms with Crippen LogP contribution in [0.5, 0.6) is 0 Å². The molecule has 2 aliphatic rings. The first-order valence-corrected chi connectivity index (χ1v) is 7.78. The van der Waals surface area contributed by atoms with Gasteiger partial charge in [0.1, 0.15) is 0 Å². The van der Waals surface area contributed by atoms with Crippen molar-refractivity contribution < 1.29 is 0 Å². The van der Waals surface area contributed by atoms with Crippen LogP contribution in [-0.4, -0.2) is 44.5 Å². The van der Waals surface area contributed by atoms with Crippen LogP contribution in [0.25, 0.3) is 0 Å². The smallest absolute Gasteiger partial charge is 0.0988 e. The second kappa shape index (κ2) is 7.93. The van der Waals surface area contributed by atoms with Crippen LogP contribution < -0.4 is 4.90 Å². The predicted molar refractivity (Wildman–Crippen MR) is 87.7 cm³/mol. The van der Waals surface area contributed by atoms with E-state index in [9.17, 15) is 0 Å². The van der Waals surface area contributed by atoms with Crippen LogP contribution in [0.4, 0.5) is 5.69 Å². The summed E-state index contributed by atoms with van der Waals surface area (Å²) in [6.45, 7) is 3.60. The maximum atomic E-state index is 4.55. The van der Waals surface area contributed by atoms with Gasteiger partial charge in [0, 0.05) is 45.8 Å². The minimum absolute atomic E-state index is 1.08. The number of nitrogens with zero attached hydrogens (tertiary/aromatic N) is 3. The maximum absolute atomic E-state index is 4.55. The summed E-state index contributed by atoms with van der Waals surface area (Å²) in [5, 5.41) is 0. The highest BCUT2D eigenvalue weighted by Crippen LogP contribution is 2.15. The fraction of sp³-hybridized carbons (Fsp3) is 0.588. The Balaban J connectivity index is 0.000000151. The van der Waals surface area contributed by atoms with Crippen molar-refractivity contribution in [1.82, 2.24) is 4.90 Å². The highest BCUT2D eigenvalue weighted by atomic mass is 15.2. The predicted octanol–water partition coefficient (Wildman–Crippen LogP) is 3.42. The Labute approximate surface area is 123 Å². The number of aliphatic imine (C=N–C) groups is 1. The normalized spacial score (nSPS) is 18.1. The fourth-order valence-corrected chi connectivity index (χ4v) is 2.67. The Hall–Kier alpha value is -1.51. The van der Waals surface area contributed by atoms with Crippen molar-refractivity contribution in [2.75, 3.05) is 38.6 Å². The van der Waals surface area contributed by atoms with E-state index in [1.807, 2.05) is 32.3 Å². The van der Waals surface area contributed by atoms with E-state index < -0.39 is 0 Å². The van der Waals surface area contributed by atoms with Gasteiger partial charge in [-0.1, -0.05) is 24.6 Å². The zero-order chi connectivity index (χ0) is 14.2. The SMILES string of the molecule is C1CCC2=NCCCN2CC1.CN(C)c1ccccc1. The maximum Gasteiger partial charge on any atom is 0.0988 e. The Morgan fingerprint density at radius 3 is 2.40 bits per heavy atom. The standard InChI is InChI=1S/C9H16N2.C8H11N/c1-2-5-9-10-6-4-8-11(9)7-3-1;1-9(2)8-6-4-3-5-7-8/h1-8H2;3-7H,1-2H3. The molecular weight excluding hydrogens is 246 g/mol. The average Bonchev–Trinajstić information content (AvgIpc) is 2.74.